The summed E-state index contributed by atoms with van der Waals surface area (Å²) < 4.78 is 10.4. The summed E-state index contributed by atoms with van der Waals surface area (Å²) in [4.78, 5) is 30.1. The average Bonchev–Trinajstić information content (AvgIpc) is 2.89. The van der Waals surface area contributed by atoms with Crippen molar-refractivity contribution in [1.82, 2.24) is 10.4 Å². The molecule has 0 radical (unpaired) electrons. The zero-order valence-electron chi connectivity index (χ0n) is 15.0. The lowest BCUT2D eigenvalue weighted by Gasteiger charge is -2.38. The molecule has 27 heavy (non-hydrogen) atoms. The van der Waals surface area contributed by atoms with Gasteiger partial charge in [-0.2, -0.15) is 5.06 Å². The summed E-state index contributed by atoms with van der Waals surface area (Å²) in [7, 11) is 1.60. The van der Waals surface area contributed by atoms with Crippen molar-refractivity contribution in [3.63, 3.8) is 0 Å². The van der Waals surface area contributed by atoms with Crippen LogP contribution in [0, 0.1) is 0 Å². The Morgan fingerprint density at radius 3 is 2.56 bits per heavy atom. The maximum Gasteiger partial charge on any atom is 0.513 e. The van der Waals surface area contributed by atoms with Gasteiger partial charge < -0.3 is 19.6 Å². The molecule has 9 heteroatoms. The lowest BCUT2D eigenvalue weighted by Crippen LogP contribution is -2.53. The monoisotopic (exact) mass is 414 g/mol. The zero-order chi connectivity index (χ0) is 19.6. The Hall–Kier alpha value is -1.80. The number of carbonyl (C=O) groups is 2. The minimum absolute atomic E-state index is 0.167. The van der Waals surface area contributed by atoms with Crippen LogP contribution in [0.15, 0.2) is 24.0 Å². The fourth-order valence-corrected chi connectivity index (χ4v) is 3.67. The molecular weight excluding hydrogens is 395 g/mol. The molecule has 2 aliphatic heterocycles. The predicted octanol–water partition coefficient (Wildman–Crippen LogP) is 3.40. The van der Waals surface area contributed by atoms with Gasteiger partial charge in [0.05, 0.1) is 29.3 Å². The minimum atomic E-state index is -0.852. The first-order valence-corrected chi connectivity index (χ1v) is 9.32. The van der Waals surface area contributed by atoms with Gasteiger partial charge >= 0.3 is 6.16 Å². The van der Waals surface area contributed by atoms with E-state index in [9.17, 15) is 9.59 Å². The highest BCUT2D eigenvalue weighted by atomic mass is 35.5. The van der Waals surface area contributed by atoms with Crippen molar-refractivity contribution >= 4 is 40.8 Å². The molecule has 1 saturated heterocycles. The van der Waals surface area contributed by atoms with E-state index in [2.05, 4.69) is 5.32 Å². The molecule has 1 spiro atoms. The Bertz CT molecular complexity index is 788. The number of ether oxygens (including phenoxy) is 2. The number of hydroxylamine groups is 2. The average molecular weight is 415 g/mol. The first-order chi connectivity index (χ1) is 12.9. The number of nitrogens with one attached hydrogen (secondary N) is 1. The smallest absolute Gasteiger partial charge is 0.434 e. The van der Waals surface area contributed by atoms with Crippen LogP contribution in [-0.4, -0.2) is 49.5 Å². The molecule has 146 valence electrons. The molecule has 0 atom stereocenters. The summed E-state index contributed by atoms with van der Waals surface area (Å²) in [6, 6.07) is 4.84. The molecule has 3 rings (SSSR count). The highest BCUT2D eigenvalue weighted by Crippen LogP contribution is 2.41. The number of hydrogen-bond acceptors (Lipinski definition) is 6. The maximum absolute atomic E-state index is 12.8. The Morgan fingerprint density at radius 2 is 1.96 bits per heavy atom. The highest BCUT2D eigenvalue weighted by Gasteiger charge is 2.50. The lowest BCUT2D eigenvalue weighted by molar-refractivity contribution is -0.152. The normalized spacial score (nSPS) is 19.3. The maximum atomic E-state index is 12.8. The second-order valence-corrected chi connectivity index (χ2v) is 7.08. The van der Waals surface area contributed by atoms with Crippen LogP contribution in [0.4, 0.5) is 4.79 Å². The van der Waals surface area contributed by atoms with E-state index < -0.39 is 11.7 Å². The topological polar surface area (TPSA) is 77.1 Å². The van der Waals surface area contributed by atoms with Crippen molar-refractivity contribution < 1.29 is 23.9 Å². The van der Waals surface area contributed by atoms with Crippen LogP contribution < -0.4 is 5.32 Å². The Labute approximate surface area is 167 Å². The number of piperidine rings is 1. The molecule has 7 nitrogen and oxygen atoms in total. The van der Waals surface area contributed by atoms with Crippen LogP contribution in [0.3, 0.4) is 0 Å². The van der Waals surface area contributed by atoms with Crippen molar-refractivity contribution in [2.45, 2.75) is 25.3 Å². The Balaban J connectivity index is 2.05. The molecule has 1 N–H and O–H groups in total. The standard InChI is InChI=1S/C18H20Cl2N2O5/c1-3-26-17(24)27-15-14(11-4-5-12(19)13(20)10-11)16(23)21-18(15)6-8-22(25-2)9-7-18/h4-5,10H,3,6-9H2,1-2H3,(H,21,23). The fourth-order valence-electron chi connectivity index (χ4n) is 3.37. The zero-order valence-corrected chi connectivity index (χ0v) is 16.5. The van der Waals surface area contributed by atoms with Crippen molar-refractivity contribution in [1.29, 1.82) is 0 Å². The van der Waals surface area contributed by atoms with Gasteiger partial charge in [-0.1, -0.05) is 29.3 Å². The second-order valence-electron chi connectivity index (χ2n) is 6.27. The summed E-state index contributed by atoms with van der Waals surface area (Å²) >= 11 is 12.1. The van der Waals surface area contributed by atoms with E-state index in [4.69, 9.17) is 37.5 Å². The highest BCUT2D eigenvalue weighted by molar-refractivity contribution is 6.42. The first-order valence-electron chi connectivity index (χ1n) is 8.56. The van der Waals surface area contributed by atoms with Gasteiger partial charge in [-0.25, -0.2) is 4.79 Å². The summed E-state index contributed by atoms with van der Waals surface area (Å²) in [5, 5.41) is 5.45. The number of carbonyl (C=O) groups excluding carboxylic acids is 2. The second kappa shape index (κ2) is 8.06. The van der Waals surface area contributed by atoms with Crippen molar-refractivity contribution in [2.75, 3.05) is 26.8 Å². The van der Waals surface area contributed by atoms with Gasteiger partial charge in [-0.3, -0.25) is 4.79 Å². The molecule has 1 aromatic rings. The van der Waals surface area contributed by atoms with Gasteiger partial charge in [0.15, 0.2) is 5.76 Å². The van der Waals surface area contributed by atoms with E-state index in [1.807, 2.05) is 0 Å². The van der Waals surface area contributed by atoms with E-state index in [-0.39, 0.29) is 23.8 Å². The van der Waals surface area contributed by atoms with Gasteiger partial charge in [-0.05, 0) is 37.5 Å². The molecule has 2 aliphatic rings. The summed E-state index contributed by atoms with van der Waals surface area (Å²) in [5.74, 6) is -0.0846. The number of benzene rings is 1. The SMILES string of the molecule is CCOC(=O)OC1=C(c2ccc(Cl)c(Cl)c2)C(=O)NC12CCN(OC)CC2. The Kier molecular flexibility index (Phi) is 5.95. The molecule has 0 aromatic heterocycles. The molecule has 2 heterocycles. The summed E-state index contributed by atoms with van der Waals surface area (Å²) in [5.41, 5.74) is -0.0277. The van der Waals surface area contributed by atoms with Gasteiger partial charge in [0.2, 0.25) is 0 Å². The number of halogens is 2. The van der Waals surface area contributed by atoms with Crippen molar-refractivity contribution in [3.8, 4) is 0 Å². The third kappa shape index (κ3) is 3.91. The number of rotatable bonds is 4. The van der Waals surface area contributed by atoms with Gasteiger partial charge in [0, 0.05) is 13.1 Å². The first kappa shape index (κ1) is 19.9. The van der Waals surface area contributed by atoms with Crippen LogP contribution in [0.2, 0.25) is 10.0 Å². The molecule has 1 amide bonds. The minimum Gasteiger partial charge on any atom is -0.434 e. The van der Waals surface area contributed by atoms with E-state index in [0.717, 1.165) is 0 Å². The fraction of sp³-hybridized carbons (Fsp3) is 0.444. The largest absolute Gasteiger partial charge is 0.513 e. The van der Waals surface area contributed by atoms with Crippen LogP contribution >= 0.6 is 23.2 Å². The molecule has 0 saturated carbocycles. The van der Waals surface area contributed by atoms with Crippen LogP contribution in [-0.2, 0) is 19.1 Å². The van der Waals surface area contributed by atoms with E-state index in [1.165, 1.54) is 0 Å². The van der Waals surface area contributed by atoms with Crippen LogP contribution in [0.5, 0.6) is 0 Å². The van der Waals surface area contributed by atoms with Crippen LogP contribution in [0.25, 0.3) is 5.57 Å². The van der Waals surface area contributed by atoms with Gasteiger partial charge in [0.25, 0.3) is 5.91 Å². The number of amides is 1. The summed E-state index contributed by atoms with van der Waals surface area (Å²) in [6.45, 7) is 2.99. The van der Waals surface area contributed by atoms with E-state index >= 15 is 0 Å². The molecule has 0 bridgehead atoms. The van der Waals surface area contributed by atoms with E-state index in [1.54, 1.807) is 37.3 Å². The number of hydrogen-bond donors (Lipinski definition) is 1. The van der Waals surface area contributed by atoms with Crippen molar-refractivity contribution in [2.24, 2.45) is 0 Å². The van der Waals surface area contributed by atoms with Gasteiger partial charge in [0.1, 0.15) is 5.54 Å². The molecule has 0 unspecified atom stereocenters. The molecule has 1 fully saturated rings. The predicted molar refractivity (Wildman–Crippen MR) is 100 cm³/mol. The third-order valence-corrected chi connectivity index (χ3v) is 5.47. The molecule has 0 aliphatic carbocycles. The lowest BCUT2D eigenvalue weighted by atomic mass is 9.86. The van der Waals surface area contributed by atoms with E-state index in [0.29, 0.717) is 41.5 Å². The van der Waals surface area contributed by atoms with Gasteiger partial charge in [-0.15, -0.1) is 0 Å². The van der Waals surface area contributed by atoms with Crippen LogP contribution in [0.1, 0.15) is 25.3 Å². The van der Waals surface area contributed by atoms with Crippen molar-refractivity contribution in [3.05, 3.63) is 39.6 Å². The Morgan fingerprint density at radius 1 is 1.26 bits per heavy atom. The quantitative estimate of drug-likeness (QED) is 0.760. The number of nitrogens with zero attached hydrogens (tertiary/aromatic N) is 1. The summed E-state index contributed by atoms with van der Waals surface area (Å²) in [6.07, 6.45) is 0.188. The third-order valence-electron chi connectivity index (χ3n) is 4.73. The molecular formula is C18H20Cl2N2O5. The molecule has 1 aromatic carbocycles.